The number of amides is 2. The van der Waals surface area contributed by atoms with Crippen molar-refractivity contribution < 1.29 is 28.5 Å². The second-order valence-corrected chi connectivity index (χ2v) is 8.85. The molecule has 0 aliphatic rings. The van der Waals surface area contributed by atoms with Gasteiger partial charge in [-0.1, -0.05) is 37.6 Å². The predicted molar refractivity (Wildman–Crippen MR) is 136 cm³/mol. The molecule has 1 rings (SSSR count). The van der Waals surface area contributed by atoms with E-state index in [2.05, 4.69) is 17.6 Å². The van der Waals surface area contributed by atoms with Crippen LogP contribution in [-0.4, -0.2) is 71.2 Å². The summed E-state index contributed by atoms with van der Waals surface area (Å²) in [6.45, 7) is 10.6. The Kier molecular flexibility index (Phi) is 17.0. The molecule has 0 unspecified atom stereocenters. The zero-order valence-electron chi connectivity index (χ0n) is 21.7. The van der Waals surface area contributed by atoms with Crippen LogP contribution in [0.3, 0.4) is 0 Å². The second-order valence-electron chi connectivity index (χ2n) is 8.85. The summed E-state index contributed by atoms with van der Waals surface area (Å²) in [6.07, 6.45) is 2.81. The molecular weight excluding hydrogens is 450 g/mol. The summed E-state index contributed by atoms with van der Waals surface area (Å²) < 4.78 is 21.7. The number of hydrogen-bond donors (Lipinski definition) is 3. The minimum Gasteiger partial charge on any atom is -0.379 e. The lowest BCUT2D eigenvalue weighted by Gasteiger charge is -2.19. The Morgan fingerprint density at radius 1 is 0.771 bits per heavy atom. The van der Waals surface area contributed by atoms with Gasteiger partial charge in [0.2, 0.25) is 11.8 Å². The largest absolute Gasteiger partial charge is 0.379 e. The number of carbonyl (C=O) groups excluding carboxylic acids is 2. The number of nitrogens with one attached hydrogen (secondary N) is 2. The lowest BCUT2D eigenvalue weighted by Crippen LogP contribution is -2.28. The topological polar surface area (TPSA) is 121 Å². The maximum Gasteiger partial charge on any atom is 0.222 e. The summed E-state index contributed by atoms with van der Waals surface area (Å²) in [4.78, 5) is 23.4. The van der Waals surface area contributed by atoms with Crippen molar-refractivity contribution in [2.24, 2.45) is 5.73 Å². The summed E-state index contributed by atoms with van der Waals surface area (Å²) in [6, 6.07) is 7.93. The summed E-state index contributed by atoms with van der Waals surface area (Å²) in [7, 11) is 0. The number of carbonyl (C=O) groups is 2. The van der Waals surface area contributed by atoms with Crippen molar-refractivity contribution in [3.8, 4) is 0 Å². The highest BCUT2D eigenvalue weighted by Gasteiger charge is 2.13. The van der Waals surface area contributed by atoms with Gasteiger partial charge in [-0.15, -0.1) is 0 Å². The molecule has 0 atom stereocenters. The van der Waals surface area contributed by atoms with Crippen molar-refractivity contribution in [3.05, 3.63) is 35.4 Å². The quantitative estimate of drug-likeness (QED) is 0.224. The number of nitrogens with two attached hydrogens (primary N) is 1. The van der Waals surface area contributed by atoms with Crippen LogP contribution < -0.4 is 16.4 Å². The van der Waals surface area contributed by atoms with E-state index in [1.807, 2.05) is 38.1 Å². The second kappa shape index (κ2) is 19.2. The highest BCUT2D eigenvalue weighted by atomic mass is 16.6. The Hall–Kier alpha value is -2.04. The van der Waals surface area contributed by atoms with Gasteiger partial charge >= 0.3 is 0 Å². The molecule has 1 aromatic carbocycles. The molecule has 0 spiro atoms. The fraction of sp³-hybridized carbons (Fsp3) is 0.692. The van der Waals surface area contributed by atoms with Crippen LogP contribution in [-0.2, 0) is 40.6 Å². The first kappa shape index (κ1) is 31.0. The van der Waals surface area contributed by atoms with E-state index in [-0.39, 0.29) is 17.4 Å². The van der Waals surface area contributed by atoms with Crippen molar-refractivity contribution in [1.29, 1.82) is 0 Å². The van der Waals surface area contributed by atoms with Gasteiger partial charge in [0.1, 0.15) is 0 Å². The lowest BCUT2D eigenvalue weighted by molar-refractivity contribution is -0.122. The van der Waals surface area contributed by atoms with Gasteiger partial charge in [-0.25, -0.2) is 0 Å². The van der Waals surface area contributed by atoms with Crippen LogP contribution in [0.1, 0.15) is 57.6 Å². The highest BCUT2D eigenvalue weighted by molar-refractivity contribution is 5.76. The normalized spacial score (nSPS) is 11.4. The van der Waals surface area contributed by atoms with Gasteiger partial charge < -0.3 is 35.3 Å². The van der Waals surface area contributed by atoms with Gasteiger partial charge in [-0.3, -0.25) is 9.59 Å². The first-order valence-corrected chi connectivity index (χ1v) is 12.6. The molecule has 0 aliphatic carbocycles. The Labute approximate surface area is 210 Å². The number of hydrogen-bond acceptors (Lipinski definition) is 7. The monoisotopic (exact) mass is 495 g/mol. The Morgan fingerprint density at radius 2 is 1.29 bits per heavy atom. The molecule has 4 N–H and O–H groups in total. The molecule has 0 saturated heterocycles. The summed E-state index contributed by atoms with van der Waals surface area (Å²) >= 11 is 0. The highest BCUT2D eigenvalue weighted by Crippen LogP contribution is 2.17. The van der Waals surface area contributed by atoms with Crippen molar-refractivity contribution in [1.82, 2.24) is 10.6 Å². The molecule has 0 radical (unpaired) electrons. The average molecular weight is 496 g/mol. The van der Waals surface area contributed by atoms with Crippen molar-refractivity contribution in [3.63, 3.8) is 0 Å². The van der Waals surface area contributed by atoms with Gasteiger partial charge in [-0.05, 0) is 31.4 Å². The SMILES string of the molecule is CCCCC(=O)NCCOCCOCCOCCOCCC(=O)NCc1ccc(C(C)(C)N)cc1. The molecule has 200 valence electrons. The van der Waals surface area contributed by atoms with Gasteiger partial charge in [0.05, 0.1) is 52.9 Å². The van der Waals surface area contributed by atoms with E-state index in [9.17, 15) is 9.59 Å². The molecule has 0 bridgehead atoms. The summed E-state index contributed by atoms with van der Waals surface area (Å²) in [5, 5.41) is 5.71. The van der Waals surface area contributed by atoms with Crippen LogP contribution in [0.25, 0.3) is 0 Å². The van der Waals surface area contributed by atoms with E-state index in [1.165, 1.54) is 0 Å². The third-order valence-corrected chi connectivity index (χ3v) is 5.10. The molecule has 2 amide bonds. The van der Waals surface area contributed by atoms with Crippen LogP contribution in [0.5, 0.6) is 0 Å². The smallest absolute Gasteiger partial charge is 0.222 e. The third kappa shape index (κ3) is 17.1. The minimum absolute atomic E-state index is 0.0522. The number of unbranched alkanes of at least 4 members (excludes halogenated alkanes) is 1. The molecule has 9 nitrogen and oxygen atoms in total. The molecule has 1 aromatic rings. The lowest BCUT2D eigenvalue weighted by atomic mass is 9.95. The van der Waals surface area contributed by atoms with E-state index < -0.39 is 0 Å². The Morgan fingerprint density at radius 3 is 1.83 bits per heavy atom. The maximum absolute atomic E-state index is 11.9. The zero-order chi connectivity index (χ0) is 25.8. The summed E-state index contributed by atoms with van der Waals surface area (Å²) in [5.41, 5.74) is 7.79. The van der Waals surface area contributed by atoms with Crippen LogP contribution in [0, 0.1) is 0 Å². The van der Waals surface area contributed by atoms with E-state index in [1.54, 1.807) is 0 Å². The molecule has 0 aromatic heterocycles. The first-order chi connectivity index (χ1) is 16.8. The van der Waals surface area contributed by atoms with E-state index in [0.29, 0.717) is 78.8 Å². The Bertz CT molecular complexity index is 691. The predicted octanol–water partition coefficient (Wildman–Crippen LogP) is 2.26. The van der Waals surface area contributed by atoms with Crippen molar-refractivity contribution in [2.45, 2.75) is 58.5 Å². The zero-order valence-corrected chi connectivity index (χ0v) is 21.7. The molecule has 0 saturated carbocycles. The molecule has 35 heavy (non-hydrogen) atoms. The maximum atomic E-state index is 11.9. The van der Waals surface area contributed by atoms with Crippen molar-refractivity contribution >= 4 is 11.8 Å². The van der Waals surface area contributed by atoms with Crippen LogP contribution >= 0.6 is 0 Å². The van der Waals surface area contributed by atoms with Crippen LogP contribution in [0.4, 0.5) is 0 Å². The van der Waals surface area contributed by atoms with E-state index in [0.717, 1.165) is 24.0 Å². The van der Waals surface area contributed by atoms with E-state index in [4.69, 9.17) is 24.7 Å². The molecule has 0 fully saturated rings. The molecule has 0 aliphatic heterocycles. The Balaban J connectivity index is 1.86. The van der Waals surface area contributed by atoms with E-state index >= 15 is 0 Å². The third-order valence-electron chi connectivity index (χ3n) is 5.10. The fourth-order valence-corrected chi connectivity index (χ4v) is 2.96. The minimum atomic E-state index is -0.375. The first-order valence-electron chi connectivity index (χ1n) is 12.6. The molecule has 9 heteroatoms. The van der Waals surface area contributed by atoms with Crippen molar-refractivity contribution in [2.75, 3.05) is 59.4 Å². The van der Waals surface area contributed by atoms with Gasteiger partial charge in [-0.2, -0.15) is 0 Å². The van der Waals surface area contributed by atoms with Gasteiger partial charge in [0.15, 0.2) is 0 Å². The number of ether oxygens (including phenoxy) is 4. The standard InChI is InChI=1S/C26H45N3O6/c1-4-5-6-24(30)28-12-14-33-16-18-35-20-19-34-17-15-32-13-11-25(31)29-21-22-7-9-23(10-8-22)26(2,3)27/h7-10H,4-6,11-21,27H2,1-3H3,(H,28,30)(H,29,31). The van der Waals surface area contributed by atoms with Crippen LogP contribution in [0.15, 0.2) is 24.3 Å². The molecule has 0 heterocycles. The average Bonchev–Trinajstić information content (AvgIpc) is 2.83. The van der Waals surface area contributed by atoms with Gasteiger partial charge in [0, 0.05) is 31.5 Å². The molecular formula is C26H45N3O6. The van der Waals surface area contributed by atoms with Gasteiger partial charge in [0.25, 0.3) is 0 Å². The fourth-order valence-electron chi connectivity index (χ4n) is 2.96. The summed E-state index contributed by atoms with van der Waals surface area (Å²) in [5.74, 6) is 0.0223. The number of rotatable bonds is 21. The van der Waals surface area contributed by atoms with Crippen LogP contribution in [0.2, 0.25) is 0 Å². The number of benzene rings is 1.